The molecule has 0 N–H and O–H groups in total. The van der Waals surface area contributed by atoms with Gasteiger partial charge in [-0.1, -0.05) is 363 Å². The highest BCUT2D eigenvalue weighted by Gasteiger charge is 2.19. The van der Waals surface area contributed by atoms with Gasteiger partial charge in [-0.05, 0) is 70.6 Å². The van der Waals surface area contributed by atoms with Crippen LogP contribution in [0.25, 0.3) is 0 Å². The van der Waals surface area contributed by atoms with Gasteiger partial charge in [-0.2, -0.15) is 0 Å². The lowest BCUT2D eigenvalue weighted by atomic mass is 10.0. The molecule has 0 rings (SSSR count). The fraction of sp³-hybridized carbons (Fsp3) is 0.805. The van der Waals surface area contributed by atoms with Crippen molar-refractivity contribution in [2.24, 2.45) is 0 Å². The topological polar surface area (TPSA) is 78.9 Å². The zero-order valence-electron chi connectivity index (χ0n) is 55.5. The van der Waals surface area contributed by atoms with Crippen LogP contribution in [-0.2, 0) is 28.6 Å². The first-order chi connectivity index (χ1) is 41.0. The summed E-state index contributed by atoms with van der Waals surface area (Å²) in [7, 11) is 0. The lowest BCUT2D eigenvalue weighted by molar-refractivity contribution is -0.167. The van der Waals surface area contributed by atoms with E-state index in [-0.39, 0.29) is 31.1 Å². The maximum Gasteiger partial charge on any atom is 0.306 e. The van der Waals surface area contributed by atoms with Crippen LogP contribution in [0.15, 0.2) is 72.9 Å². The van der Waals surface area contributed by atoms with Crippen LogP contribution in [0.5, 0.6) is 0 Å². The molecule has 0 aromatic carbocycles. The van der Waals surface area contributed by atoms with Crippen molar-refractivity contribution in [3.63, 3.8) is 0 Å². The Morgan fingerprint density at radius 2 is 0.470 bits per heavy atom. The van der Waals surface area contributed by atoms with Crippen LogP contribution in [0.3, 0.4) is 0 Å². The Morgan fingerprint density at radius 3 is 0.735 bits per heavy atom. The molecule has 0 aliphatic heterocycles. The van der Waals surface area contributed by atoms with Gasteiger partial charge in [-0.3, -0.25) is 14.4 Å². The van der Waals surface area contributed by atoms with Gasteiger partial charge in [0.1, 0.15) is 13.2 Å². The first-order valence-corrected chi connectivity index (χ1v) is 36.4. The summed E-state index contributed by atoms with van der Waals surface area (Å²) in [6.07, 6.45) is 93.8. The minimum absolute atomic E-state index is 0.0682. The van der Waals surface area contributed by atoms with E-state index < -0.39 is 6.10 Å². The molecular weight excluding hydrogens is 1020 g/mol. The van der Waals surface area contributed by atoms with Gasteiger partial charge < -0.3 is 14.2 Å². The minimum Gasteiger partial charge on any atom is -0.462 e. The molecule has 0 aliphatic carbocycles. The standard InChI is InChI=1S/C77H138O6/c1-4-7-10-13-16-19-22-24-26-28-30-32-34-35-36-37-38-39-40-41-42-43-44-46-47-49-51-53-55-58-61-64-67-70-76(79)82-73-74(72-81-75(78)69-66-63-60-57-21-18-15-12-9-6-3)83-77(80)71-68-65-62-59-56-54-52-50-48-45-33-31-29-27-25-23-20-17-14-11-8-5-2/h7,10,16,19,24,26,30,32,35-36,38-39,74H,4-6,8-9,11-15,17-18,20-23,25,27-29,31,33-34,37,40-73H2,1-3H3/b10-7-,19-16-,26-24-,32-30-,36-35-,39-38-. The summed E-state index contributed by atoms with van der Waals surface area (Å²) < 4.78 is 17.0. The van der Waals surface area contributed by atoms with Crippen molar-refractivity contribution in [2.75, 3.05) is 13.2 Å². The van der Waals surface area contributed by atoms with Crippen LogP contribution in [0.1, 0.15) is 380 Å². The quantitative estimate of drug-likeness (QED) is 0.0261. The van der Waals surface area contributed by atoms with Gasteiger partial charge in [0, 0.05) is 19.3 Å². The van der Waals surface area contributed by atoms with Crippen molar-refractivity contribution in [3.05, 3.63) is 72.9 Å². The lowest BCUT2D eigenvalue weighted by Crippen LogP contribution is -2.30. The van der Waals surface area contributed by atoms with Crippen molar-refractivity contribution in [2.45, 2.75) is 386 Å². The van der Waals surface area contributed by atoms with Crippen molar-refractivity contribution in [1.82, 2.24) is 0 Å². The van der Waals surface area contributed by atoms with Gasteiger partial charge in [0.05, 0.1) is 0 Å². The fourth-order valence-corrected chi connectivity index (χ4v) is 10.8. The van der Waals surface area contributed by atoms with E-state index in [0.717, 1.165) is 96.3 Å². The highest BCUT2D eigenvalue weighted by molar-refractivity contribution is 5.71. The van der Waals surface area contributed by atoms with Gasteiger partial charge in [0.25, 0.3) is 0 Å². The summed E-state index contributed by atoms with van der Waals surface area (Å²) in [6.45, 7) is 6.58. The van der Waals surface area contributed by atoms with E-state index in [1.807, 2.05) is 0 Å². The van der Waals surface area contributed by atoms with E-state index in [2.05, 4.69) is 93.7 Å². The highest BCUT2D eigenvalue weighted by atomic mass is 16.6. The van der Waals surface area contributed by atoms with Crippen LogP contribution in [0, 0.1) is 0 Å². The first-order valence-electron chi connectivity index (χ1n) is 36.4. The Kier molecular flexibility index (Phi) is 68.6. The molecule has 0 amide bonds. The number of esters is 3. The number of rotatable bonds is 67. The van der Waals surface area contributed by atoms with E-state index >= 15 is 0 Å². The van der Waals surface area contributed by atoms with Crippen LogP contribution in [-0.4, -0.2) is 37.2 Å². The number of hydrogen-bond acceptors (Lipinski definition) is 6. The van der Waals surface area contributed by atoms with Crippen LogP contribution < -0.4 is 0 Å². The third-order valence-electron chi connectivity index (χ3n) is 16.2. The van der Waals surface area contributed by atoms with Crippen molar-refractivity contribution in [3.8, 4) is 0 Å². The predicted octanol–water partition coefficient (Wildman–Crippen LogP) is 25.2. The van der Waals surface area contributed by atoms with Crippen molar-refractivity contribution < 1.29 is 28.6 Å². The summed E-state index contributed by atoms with van der Waals surface area (Å²) in [5.74, 6) is -0.845. The van der Waals surface area contributed by atoms with E-state index in [1.165, 1.54) is 244 Å². The lowest BCUT2D eigenvalue weighted by Gasteiger charge is -2.18. The summed E-state index contributed by atoms with van der Waals surface area (Å²) >= 11 is 0. The minimum atomic E-state index is -0.771. The normalized spacial score (nSPS) is 12.5. The van der Waals surface area contributed by atoms with E-state index in [4.69, 9.17) is 14.2 Å². The molecule has 0 radical (unpaired) electrons. The SMILES string of the molecule is CC/C=C\C/C=C\C/C=C\C/C=C\C/C=C\C/C=C\CCCCCCCCCCCCCCCCC(=O)OCC(COC(=O)CCCCCCCCCCCC)OC(=O)CCCCCCCCCCCCCCCCCCCCCCCC. The predicted molar refractivity (Wildman–Crippen MR) is 362 cm³/mol. The third kappa shape index (κ3) is 69.5. The van der Waals surface area contributed by atoms with Gasteiger partial charge in [-0.25, -0.2) is 0 Å². The molecule has 0 aromatic heterocycles. The Hall–Kier alpha value is -3.15. The third-order valence-corrected chi connectivity index (χ3v) is 16.2. The summed E-state index contributed by atoms with van der Waals surface area (Å²) in [4.78, 5) is 38.4. The largest absolute Gasteiger partial charge is 0.462 e. The van der Waals surface area contributed by atoms with Crippen LogP contribution in [0.4, 0.5) is 0 Å². The average Bonchev–Trinajstić information content (AvgIpc) is 3.49. The molecule has 0 aromatic rings. The molecular formula is C77H138O6. The second-order valence-electron chi connectivity index (χ2n) is 24.5. The van der Waals surface area contributed by atoms with Crippen LogP contribution >= 0.6 is 0 Å². The molecule has 1 atom stereocenters. The molecule has 1 unspecified atom stereocenters. The Balaban J connectivity index is 4.12. The summed E-state index contributed by atoms with van der Waals surface area (Å²) in [5.41, 5.74) is 0. The van der Waals surface area contributed by atoms with E-state index in [1.54, 1.807) is 0 Å². The van der Waals surface area contributed by atoms with E-state index in [0.29, 0.717) is 19.3 Å². The molecule has 6 heteroatoms. The smallest absolute Gasteiger partial charge is 0.306 e. The molecule has 0 spiro atoms. The molecule has 482 valence electrons. The number of hydrogen-bond donors (Lipinski definition) is 0. The Labute approximate surface area is 516 Å². The zero-order chi connectivity index (χ0) is 59.9. The Bertz CT molecular complexity index is 1520. The highest BCUT2D eigenvalue weighted by Crippen LogP contribution is 2.18. The second-order valence-corrected chi connectivity index (χ2v) is 24.5. The van der Waals surface area contributed by atoms with Gasteiger partial charge in [0.2, 0.25) is 0 Å². The number of unbranched alkanes of at least 4 members (excludes halogenated alkanes) is 44. The molecule has 6 nitrogen and oxygen atoms in total. The molecule has 83 heavy (non-hydrogen) atoms. The van der Waals surface area contributed by atoms with Gasteiger partial charge >= 0.3 is 17.9 Å². The molecule has 0 saturated carbocycles. The van der Waals surface area contributed by atoms with Gasteiger partial charge in [-0.15, -0.1) is 0 Å². The first kappa shape index (κ1) is 79.8. The van der Waals surface area contributed by atoms with Crippen LogP contribution in [0.2, 0.25) is 0 Å². The average molecular weight is 1160 g/mol. The zero-order valence-corrected chi connectivity index (χ0v) is 55.5. The molecule has 0 fully saturated rings. The summed E-state index contributed by atoms with van der Waals surface area (Å²) in [5, 5.41) is 0. The maximum atomic E-state index is 12.9. The maximum absolute atomic E-state index is 12.9. The Morgan fingerprint density at radius 1 is 0.253 bits per heavy atom. The number of ether oxygens (including phenoxy) is 3. The molecule has 0 aliphatic rings. The monoisotopic (exact) mass is 1160 g/mol. The fourth-order valence-electron chi connectivity index (χ4n) is 10.8. The summed E-state index contributed by atoms with van der Waals surface area (Å²) in [6, 6.07) is 0. The second kappa shape index (κ2) is 71.3. The van der Waals surface area contributed by atoms with E-state index in [9.17, 15) is 14.4 Å². The number of carbonyl (C=O) groups is 3. The van der Waals surface area contributed by atoms with Crippen molar-refractivity contribution >= 4 is 17.9 Å². The molecule has 0 bridgehead atoms. The van der Waals surface area contributed by atoms with Gasteiger partial charge in [0.15, 0.2) is 6.10 Å². The number of allylic oxidation sites excluding steroid dienone is 12. The molecule has 0 saturated heterocycles. The van der Waals surface area contributed by atoms with Crippen molar-refractivity contribution in [1.29, 1.82) is 0 Å². The molecule has 0 heterocycles. The number of carbonyl (C=O) groups excluding carboxylic acids is 3.